The second kappa shape index (κ2) is 12.2. The maximum Gasteiger partial charge on any atom is 0.101 e. The third kappa shape index (κ3) is 7.39. The van der Waals surface area contributed by atoms with Gasteiger partial charge in [0, 0.05) is 40.7 Å². The molecule has 0 amide bonds. The van der Waals surface area contributed by atoms with Crippen LogP contribution in [0.3, 0.4) is 0 Å². The van der Waals surface area contributed by atoms with Gasteiger partial charge < -0.3 is 10.6 Å². The average molecular weight is 397 g/mol. The van der Waals surface area contributed by atoms with Gasteiger partial charge in [0.05, 0.1) is 5.84 Å². The van der Waals surface area contributed by atoms with Gasteiger partial charge in [0.2, 0.25) is 0 Å². The Balaban J connectivity index is 0.00000136. The van der Waals surface area contributed by atoms with E-state index >= 15 is 0 Å². The minimum atomic E-state index is 0.866. The van der Waals surface area contributed by atoms with Gasteiger partial charge in [-0.05, 0) is 68.3 Å². The van der Waals surface area contributed by atoms with Crippen molar-refractivity contribution >= 4 is 34.8 Å². The van der Waals surface area contributed by atoms with Crippen molar-refractivity contribution in [3.63, 3.8) is 0 Å². The average Bonchev–Trinajstić information content (AvgIpc) is 3.24. The van der Waals surface area contributed by atoms with E-state index in [1.807, 2.05) is 20.8 Å². The van der Waals surface area contributed by atoms with Crippen molar-refractivity contribution in [2.75, 3.05) is 23.7 Å². The van der Waals surface area contributed by atoms with Crippen LogP contribution in [0.2, 0.25) is 0 Å². The lowest BCUT2D eigenvalue weighted by Crippen LogP contribution is -2.07. The molecule has 0 bridgehead atoms. The van der Waals surface area contributed by atoms with E-state index in [4.69, 9.17) is 0 Å². The summed E-state index contributed by atoms with van der Waals surface area (Å²) in [6, 6.07) is 17.0. The Hall–Kier alpha value is -2.27. The fourth-order valence-corrected chi connectivity index (χ4v) is 3.50. The minimum Gasteiger partial charge on any atom is -0.344 e. The minimum absolute atomic E-state index is 0.866. The standard InChI is InChI=1S/C21H26N4S.C2H6/c1-3-14-22-16(2)24-17-6-10-19(11-7-17)26-20-12-8-18(9-13-20)25-21-5-4-15-23-21;1-2/h6-13H,3-5,14-15H2,1-2H3,(H,22,24)(H,23,25);1-2H3. The normalized spacial score (nSPS) is 13.4. The Bertz CT molecular complexity index is 764. The molecule has 150 valence electrons. The molecule has 2 aromatic rings. The summed E-state index contributed by atoms with van der Waals surface area (Å²) in [4.78, 5) is 11.4. The first-order valence-electron chi connectivity index (χ1n) is 10.2. The van der Waals surface area contributed by atoms with Crippen LogP contribution in [-0.2, 0) is 0 Å². The van der Waals surface area contributed by atoms with Crippen LogP contribution in [0.5, 0.6) is 0 Å². The molecular formula is C23H32N4S. The van der Waals surface area contributed by atoms with Gasteiger partial charge in [0.15, 0.2) is 0 Å². The monoisotopic (exact) mass is 396 g/mol. The van der Waals surface area contributed by atoms with Crippen LogP contribution in [0.4, 0.5) is 11.4 Å². The van der Waals surface area contributed by atoms with Crippen molar-refractivity contribution in [2.45, 2.75) is 56.7 Å². The third-order valence-electron chi connectivity index (χ3n) is 4.01. The number of hydrogen-bond donors (Lipinski definition) is 2. The fourth-order valence-electron chi connectivity index (χ4n) is 2.68. The van der Waals surface area contributed by atoms with Crippen LogP contribution in [0, 0.1) is 0 Å². The summed E-state index contributed by atoms with van der Waals surface area (Å²) >= 11 is 1.76. The molecule has 28 heavy (non-hydrogen) atoms. The van der Waals surface area contributed by atoms with E-state index in [-0.39, 0.29) is 0 Å². The number of amidine groups is 2. The van der Waals surface area contributed by atoms with Gasteiger partial charge >= 0.3 is 0 Å². The van der Waals surface area contributed by atoms with Gasteiger partial charge in [-0.1, -0.05) is 32.5 Å². The van der Waals surface area contributed by atoms with Gasteiger partial charge in [0.25, 0.3) is 0 Å². The summed E-state index contributed by atoms with van der Waals surface area (Å²) in [5.74, 6) is 2.06. The van der Waals surface area contributed by atoms with E-state index in [9.17, 15) is 0 Å². The highest BCUT2D eigenvalue weighted by atomic mass is 32.2. The molecule has 2 aromatic carbocycles. The zero-order chi connectivity index (χ0) is 20.2. The molecule has 1 aliphatic rings. The lowest BCUT2D eigenvalue weighted by molar-refractivity contribution is 0.931. The molecule has 3 rings (SSSR count). The largest absolute Gasteiger partial charge is 0.344 e. The highest BCUT2D eigenvalue weighted by molar-refractivity contribution is 7.99. The number of hydrogen-bond acceptors (Lipinski definition) is 4. The molecule has 0 spiro atoms. The Kier molecular flexibility index (Phi) is 9.63. The van der Waals surface area contributed by atoms with Crippen molar-refractivity contribution in [2.24, 2.45) is 9.98 Å². The molecule has 2 N–H and O–H groups in total. The van der Waals surface area contributed by atoms with Crippen LogP contribution < -0.4 is 10.6 Å². The summed E-state index contributed by atoms with van der Waals surface area (Å²) in [5.41, 5.74) is 2.18. The van der Waals surface area contributed by atoms with Crippen LogP contribution in [0.25, 0.3) is 0 Å². The molecule has 4 nitrogen and oxygen atoms in total. The smallest absolute Gasteiger partial charge is 0.101 e. The predicted molar refractivity (Wildman–Crippen MR) is 125 cm³/mol. The highest BCUT2D eigenvalue weighted by Gasteiger charge is 2.06. The van der Waals surface area contributed by atoms with Crippen molar-refractivity contribution in [1.29, 1.82) is 0 Å². The number of nitrogens with zero attached hydrogens (tertiary/aromatic N) is 2. The maximum absolute atomic E-state index is 4.46. The van der Waals surface area contributed by atoms with Crippen LogP contribution in [0.15, 0.2) is 68.3 Å². The van der Waals surface area contributed by atoms with E-state index in [1.165, 1.54) is 9.79 Å². The molecule has 5 heteroatoms. The molecule has 0 aromatic heterocycles. The Morgan fingerprint density at radius 2 is 1.61 bits per heavy atom. The number of rotatable bonds is 6. The van der Waals surface area contributed by atoms with E-state index in [2.05, 4.69) is 76.1 Å². The highest BCUT2D eigenvalue weighted by Crippen LogP contribution is 2.29. The summed E-state index contributed by atoms with van der Waals surface area (Å²) in [6.07, 6.45) is 3.28. The van der Waals surface area contributed by atoms with Crippen molar-refractivity contribution in [3.8, 4) is 0 Å². The Labute approximate surface area is 174 Å². The Morgan fingerprint density at radius 3 is 2.14 bits per heavy atom. The number of benzene rings is 2. The Morgan fingerprint density at radius 1 is 1.00 bits per heavy atom. The first-order valence-corrected chi connectivity index (χ1v) is 11.0. The van der Waals surface area contributed by atoms with E-state index < -0.39 is 0 Å². The van der Waals surface area contributed by atoms with Gasteiger partial charge in [-0.2, -0.15) is 0 Å². The van der Waals surface area contributed by atoms with Crippen molar-refractivity contribution in [1.82, 2.24) is 0 Å². The molecule has 0 unspecified atom stereocenters. The topological polar surface area (TPSA) is 48.8 Å². The predicted octanol–water partition coefficient (Wildman–Crippen LogP) is 6.71. The lowest BCUT2D eigenvalue weighted by Gasteiger charge is -2.08. The molecule has 0 saturated heterocycles. The van der Waals surface area contributed by atoms with Crippen LogP contribution >= 0.6 is 11.8 Å². The fraction of sp³-hybridized carbons (Fsp3) is 0.391. The van der Waals surface area contributed by atoms with Crippen molar-refractivity contribution in [3.05, 3.63) is 48.5 Å². The van der Waals surface area contributed by atoms with E-state index in [1.54, 1.807) is 11.8 Å². The van der Waals surface area contributed by atoms with Crippen LogP contribution in [-0.4, -0.2) is 24.8 Å². The first-order chi connectivity index (χ1) is 13.7. The summed E-state index contributed by atoms with van der Waals surface area (Å²) < 4.78 is 0. The lowest BCUT2D eigenvalue weighted by atomic mass is 10.3. The third-order valence-corrected chi connectivity index (χ3v) is 5.02. The zero-order valence-electron chi connectivity index (χ0n) is 17.5. The zero-order valence-corrected chi connectivity index (χ0v) is 18.3. The van der Waals surface area contributed by atoms with Gasteiger partial charge in [-0.3, -0.25) is 9.98 Å². The molecular weight excluding hydrogens is 364 g/mol. The number of nitrogens with one attached hydrogen (secondary N) is 2. The quantitative estimate of drug-likeness (QED) is 0.421. The summed E-state index contributed by atoms with van der Waals surface area (Å²) in [7, 11) is 0. The molecule has 0 radical (unpaired) electrons. The van der Waals surface area contributed by atoms with Gasteiger partial charge in [0.1, 0.15) is 5.84 Å². The van der Waals surface area contributed by atoms with Gasteiger partial charge in [-0.25, -0.2) is 0 Å². The van der Waals surface area contributed by atoms with E-state index in [0.29, 0.717) is 0 Å². The maximum atomic E-state index is 4.46. The molecule has 0 aliphatic carbocycles. The molecule has 1 aliphatic heterocycles. The molecule has 0 atom stereocenters. The van der Waals surface area contributed by atoms with Crippen LogP contribution in [0.1, 0.15) is 47.0 Å². The molecule has 0 fully saturated rings. The summed E-state index contributed by atoms with van der Waals surface area (Å²) in [6.45, 7) is 9.95. The van der Waals surface area contributed by atoms with Crippen molar-refractivity contribution < 1.29 is 0 Å². The number of aliphatic imine (C=N–C) groups is 2. The number of anilines is 2. The van der Waals surface area contributed by atoms with E-state index in [0.717, 1.165) is 55.4 Å². The first kappa shape index (κ1) is 22.0. The SMILES string of the molecule is CC.CCCN=C(C)Nc1ccc(Sc2ccc(NC3=NCCC3)cc2)cc1. The molecule has 0 saturated carbocycles. The summed E-state index contributed by atoms with van der Waals surface area (Å²) in [5, 5.41) is 6.72. The molecule has 1 heterocycles. The second-order valence-corrected chi connectivity index (χ2v) is 7.45. The van der Waals surface area contributed by atoms with Gasteiger partial charge in [-0.15, -0.1) is 0 Å². The second-order valence-electron chi connectivity index (χ2n) is 6.30.